The zero-order valence-corrected chi connectivity index (χ0v) is 12.0. The van der Waals surface area contributed by atoms with Gasteiger partial charge in [0.2, 0.25) is 11.8 Å². The Bertz CT molecular complexity index is 605. The van der Waals surface area contributed by atoms with Crippen molar-refractivity contribution < 1.29 is 9.59 Å². The maximum absolute atomic E-state index is 12.0. The molecule has 0 fully saturated rings. The first-order chi connectivity index (χ1) is 10.0. The number of hydrogen-bond donors (Lipinski definition) is 2. The predicted molar refractivity (Wildman–Crippen MR) is 80.9 cm³/mol. The minimum absolute atomic E-state index is 0.0474. The molecule has 2 aromatic rings. The molecule has 6 heteroatoms. The Hall–Kier alpha value is -2.63. The Morgan fingerprint density at radius 3 is 2.33 bits per heavy atom. The van der Waals surface area contributed by atoms with Crippen molar-refractivity contribution in [2.45, 2.75) is 26.3 Å². The van der Waals surface area contributed by atoms with Gasteiger partial charge < -0.3 is 15.2 Å². The zero-order valence-electron chi connectivity index (χ0n) is 12.0. The van der Waals surface area contributed by atoms with Crippen LogP contribution in [0.4, 0.5) is 11.4 Å². The van der Waals surface area contributed by atoms with E-state index in [4.69, 9.17) is 0 Å². The van der Waals surface area contributed by atoms with Crippen LogP contribution in [0.15, 0.2) is 43.0 Å². The zero-order chi connectivity index (χ0) is 15.2. The number of anilines is 2. The minimum Gasteiger partial charge on any atom is -0.334 e. The third kappa shape index (κ3) is 4.45. The molecule has 110 valence electrons. The molecule has 0 radical (unpaired) electrons. The fraction of sp³-hybridized carbons (Fsp3) is 0.267. The van der Waals surface area contributed by atoms with E-state index in [-0.39, 0.29) is 17.9 Å². The van der Waals surface area contributed by atoms with Gasteiger partial charge in [-0.05, 0) is 31.2 Å². The summed E-state index contributed by atoms with van der Waals surface area (Å²) in [5, 5.41) is 5.50. The summed E-state index contributed by atoms with van der Waals surface area (Å²) in [5.41, 5.74) is 1.40. The van der Waals surface area contributed by atoms with Crippen molar-refractivity contribution in [3.63, 3.8) is 0 Å². The van der Waals surface area contributed by atoms with Gasteiger partial charge in [0.05, 0.1) is 6.33 Å². The molecule has 1 unspecified atom stereocenters. The van der Waals surface area contributed by atoms with E-state index >= 15 is 0 Å². The van der Waals surface area contributed by atoms with Crippen molar-refractivity contribution in [3.05, 3.63) is 43.0 Å². The van der Waals surface area contributed by atoms with Gasteiger partial charge in [0, 0.05) is 43.2 Å². The second kappa shape index (κ2) is 6.69. The Labute approximate surface area is 123 Å². The Morgan fingerprint density at radius 2 is 1.81 bits per heavy atom. The van der Waals surface area contributed by atoms with Gasteiger partial charge in [-0.25, -0.2) is 4.98 Å². The van der Waals surface area contributed by atoms with Gasteiger partial charge in [-0.1, -0.05) is 0 Å². The van der Waals surface area contributed by atoms with Crippen LogP contribution in [0.1, 0.15) is 26.3 Å². The van der Waals surface area contributed by atoms with Gasteiger partial charge >= 0.3 is 0 Å². The molecule has 0 spiro atoms. The Kier molecular flexibility index (Phi) is 4.71. The number of benzene rings is 1. The van der Waals surface area contributed by atoms with Gasteiger partial charge in [-0.15, -0.1) is 0 Å². The van der Waals surface area contributed by atoms with E-state index in [0.717, 1.165) is 0 Å². The Morgan fingerprint density at radius 1 is 1.19 bits per heavy atom. The maximum atomic E-state index is 12.0. The van der Waals surface area contributed by atoms with Crippen molar-refractivity contribution >= 4 is 23.2 Å². The number of aromatic nitrogens is 2. The van der Waals surface area contributed by atoms with Crippen molar-refractivity contribution in [1.82, 2.24) is 9.55 Å². The standard InChI is InChI=1S/C15H18N4O2/c1-11(19-8-7-16-10-19)9-15(21)18-14-5-3-13(4-6-14)17-12(2)20/h3-8,10-11H,9H2,1-2H3,(H,17,20)(H,18,21). The SMILES string of the molecule is CC(=O)Nc1ccc(NC(=O)CC(C)n2ccnc2)cc1. The molecule has 2 amide bonds. The van der Waals surface area contributed by atoms with Crippen LogP contribution in [0.25, 0.3) is 0 Å². The molecule has 0 bridgehead atoms. The lowest BCUT2D eigenvalue weighted by atomic mass is 10.2. The van der Waals surface area contributed by atoms with Gasteiger partial charge in [0.1, 0.15) is 0 Å². The molecule has 0 saturated heterocycles. The van der Waals surface area contributed by atoms with E-state index in [1.807, 2.05) is 17.7 Å². The number of carbonyl (C=O) groups excluding carboxylic acids is 2. The quantitative estimate of drug-likeness (QED) is 0.886. The first-order valence-corrected chi connectivity index (χ1v) is 6.69. The van der Waals surface area contributed by atoms with Crippen LogP contribution in [0.3, 0.4) is 0 Å². The van der Waals surface area contributed by atoms with Crippen LogP contribution in [-0.2, 0) is 9.59 Å². The lowest BCUT2D eigenvalue weighted by molar-refractivity contribution is -0.117. The van der Waals surface area contributed by atoms with Gasteiger partial charge in [0.15, 0.2) is 0 Å². The third-order valence-electron chi connectivity index (χ3n) is 3.00. The van der Waals surface area contributed by atoms with E-state index in [0.29, 0.717) is 17.8 Å². The lowest BCUT2D eigenvalue weighted by Crippen LogP contribution is -2.17. The van der Waals surface area contributed by atoms with Crippen molar-refractivity contribution in [3.8, 4) is 0 Å². The summed E-state index contributed by atoms with van der Waals surface area (Å²) in [6, 6.07) is 7.05. The molecular weight excluding hydrogens is 268 g/mol. The third-order valence-corrected chi connectivity index (χ3v) is 3.00. The molecule has 1 aromatic carbocycles. The first kappa shape index (κ1) is 14.8. The highest BCUT2D eigenvalue weighted by Crippen LogP contribution is 2.15. The molecule has 2 rings (SSSR count). The minimum atomic E-state index is -0.124. The van der Waals surface area contributed by atoms with Crippen LogP contribution in [0.5, 0.6) is 0 Å². The number of carbonyl (C=O) groups is 2. The summed E-state index contributed by atoms with van der Waals surface area (Å²) in [7, 11) is 0. The van der Waals surface area contributed by atoms with Crippen LogP contribution in [-0.4, -0.2) is 21.4 Å². The van der Waals surface area contributed by atoms with Crippen molar-refractivity contribution in [2.75, 3.05) is 10.6 Å². The molecule has 0 saturated carbocycles. The van der Waals surface area contributed by atoms with Gasteiger partial charge in [0.25, 0.3) is 0 Å². The molecule has 0 aliphatic carbocycles. The fourth-order valence-corrected chi connectivity index (χ4v) is 1.96. The molecule has 1 heterocycles. The highest BCUT2D eigenvalue weighted by molar-refractivity contribution is 5.92. The summed E-state index contributed by atoms with van der Waals surface area (Å²) in [6.45, 7) is 3.41. The molecule has 0 aliphatic rings. The van der Waals surface area contributed by atoms with Gasteiger partial charge in [-0.3, -0.25) is 9.59 Å². The van der Waals surface area contributed by atoms with E-state index in [2.05, 4.69) is 15.6 Å². The monoisotopic (exact) mass is 286 g/mol. The summed E-state index contributed by atoms with van der Waals surface area (Å²) in [6.07, 6.45) is 5.58. The number of rotatable bonds is 5. The van der Waals surface area contributed by atoms with Crippen molar-refractivity contribution in [2.24, 2.45) is 0 Å². The predicted octanol–water partition coefficient (Wildman–Crippen LogP) is 2.43. The highest BCUT2D eigenvalue weighted by Gasteiger charge is 2.10. The smallest absolute Gasteiger partial charge is 0.226 e. The second-order valence-electron chi connectivity index (χ2n) is 4.87. The maximum Gasteiger partial charge on any atom is 0.226 e. The largest absolute Gasteiger partial charge is 0.334 e. The van der Waals surface area contributed by atoms with Crippen LogP contribution in [0, 0.1) is 0 Å². The van der Waals surface area contributed by atoms with Crippen molar-refractivity contribution in [1.29, 1.82) is 0 Å². The van der Waals surface area contributed by atoms with Crippen LogP contribution < -0.4 is 10.6 Å². The normalized spacial score (nSPS) is 11.7. The highest BCUT2D eigenvalue weighted by atomic mass is 16.2. The topological polar surface area (TPSA) is 76.0 Å². The first-order valence-electron chi connectivity index (χ1n) is 6.69. The molecule has 1 aromatic heterocycles. The van der Waals surface area contributed by atoms with E-state index in [1.165, 1.54) is 6.92 Å². The molecule has 0 aliphatic heterocycles. The summed E-state index contributed by atoms with van der Waals surface area (Å²) in [5.74, 6) is -0.190. The lowest BCUT2D eigenvalue weighted by Gasteiger charge is -2.13. The van der Waals surface area contributed by atoms with Crippen LogP contribution >= 0.6 is 0 Å². The summed E-state index contributed by atoms with van der Waals surface area (Å²) < 4.78 is 1.89. The van der Waals surface area contributed by atoms with E-state index in [1.54, 1.807) is 36.8 Å². The number of nitrogens with zero attached hydrogens (tertiary/aromatic N) is 2. The number of hydrogen-bond acceptors (Lipinski definition) is 3. The molecular formula is C15H18N4O2. The Balaban J connectivity index is 1.89. The average molecular weight is 286 g/mol. The number of imidazole rings is 1. The molecule has 1 atom stereocenters. The molecule has 2 N–H and O–H groups in total. The number of amides is 2. The molecule has 6 nitrogen and oxygen atoms in total. The fourth-order valence-electron chi connectivity index (χ4n) is 1.96. The average Bonchev–Trinajstić information content (AvgIpc) is 2.94. The van der Waals surface area contributed by atoms with E-state index in [9.17, 15) is 9.59 Å². The van der Waals surface area contributed by atoms with E-state index < -0.39 is 0 Å². The van der Waals surface area contributed by atoms with Gasteiger partial charge in [-0.2, -0.15) is 0 Å². The number of nitrogens with one attached hydrogen (secondary N) is 2. The second-order valence-corrected chi connectivity index (χ2v) is 4.87. The van der Waals surface area contributed by atoms with Crippen LogP contribution in [0.2, 0.25) is 0 Å². The summed E-state index contributed by atoms with van der Waals surface area (Å²) >= 11 is 0. The summed E-state index contributed by atoms with van der Waals surface area (Å²) in [4.78, 5) is 26.9. The molecule has 21 heavy (non-hydrogen) atoms.